The summed E-state index contributed by atoms with van der Waals surface area (Å²) < 4.78 is 0. The molecule has 1 rings (SSSR count). The molecule has 0 radical (unpaired) electrons. The van der Waals surface area contributed by atoms with Gasteiger partial charge in [0.05, 0.1) is 0 Å². The largest absolute Gasteiger partial charge is 0.311 e. The molecule has 0 aromatic rings. The Morgan fingerprint density at radius 2 is 2.06 bits per heavy atom. The van der Waals surface area contributed by atoms with Crippen LogP contribution in [-0.2, 0) is 0 Å². The molecule has 1 aliphatic carbocycles. The summed E-state index contributed by atoms with van der Waals surface area (Å²) in [5, 5.41) is 3.67. The second-order valence-corrected chi connectivity index (χ2v) is 6.89. The van der Waals surface area contributed by atoms with Gasteiger partial charge in [0.25, 0.3) is 0 Å². The zero-order chi connectivity index (χ0) is 12.9. The van der Waals surface area contributed by atoms with E-state index in [9.17, 15) is 0 Å². The molecular weight excluding hydrogens is 206 g/mol. The Balaban J connectivity index is 2.48. The van der Waals surface area contributed by atoms with Crippen LogP contribution < -0.4 is 5.32 Å². The van der Waals surface area contributed by atoms with Gasteiger partial charge < -0.3 is 5.32 Å². The van der Waals surface area contributed by atoms with Gasteiger partial charge in [-0.25, -0.2) is 0 Å². The Bertz CT molecular complexity index is 247. The van der Waals surface area contributed by atoms with E-state index in [0.717, 1.165) is 12.5 Å². The Kier molecular flexibility index (Phi) is 5.72. The van der Waals surface area contributed by atoms with Crippen molar-refractivity contribution in [3.8, 4) is 0 Å². The summed E-state index contributed by atoms with van der Waals surface area (Å²) in [5.41, 5.74) is 2.13. The molecule has 0 saturated carbocycles. The summed E-state index contributed by atoms with van der Waals surface area (Å²) in [6.45, 7) is 12.8. The third-order valence-corrected chi connectivity index (χ3v) is 3.57. The van der Waals surface area contributed by atoms with Crippen LogP contribution in [0, 0.1) is 11.3 Å². The molecule has 0 aliphatic heterocycles. The highest BCUT2D eigenvalue weighted by Crippen LogP contribution is 2.30. The highest BCUT2D eigenvalue weighted by atomic mass is 14.9. The first-order valence-electron chi connectivity index (χ1n) is 7.34. The van der Waals surface area contributed by atoms with Gasteiger partial charge >= 0.3 is 0 Å². The summed E-state index contributed by atoms with van der Waals surface area (Å²) >= 11 is 0. The minimum Gasteiger partial charge on any atom is -0.311 e. The van der Waals surface area contributed by atoms with Crippen molar-refractivity contribution in [2.75, 3.05) is 6.54 Å². The molecule has 1 heteroatoms. The second-order valence-electron chi connectivity index (χ2n) is 6.89. The number of hydrogen-bond acceptors (Lipinski definition) is 1. The van der Waals surface area contributed by atoms with Crippen molar-refractivity contribution in [3.05, 3.63) is 11.6 Å². The summed E-state index contributed by atoms with van der Waals surface area (Å²) in [5.74, 6) is 0.806. The average Bonchev–Trinajstić information content (AvgIpc) is 2.66. The Morgan fingerprint density at radius 3 is 2.53 bits per heavy atom. The van der Waals surface area contributed by atoms with Gasteiger partial charge in [0, 0.05) is 6.04 Å². The maximum absolute atomic E-state index is 3.67. The number of rotatable bonds is 6. The van der Waals surface area contributed by atoms with E-state index in [2.05, 4.69) is 46.0 Å². The van der Waals surface area contributed by atoms with E-state index in [4.69, 9.17) is 0 Å². The maximum atomic E-state index is 3.67. The standard InChI is InChI=1S/C16H31N/c1-6-17-15(14-9-7-8-10-14)11-13(2)12-16(3,4)5/h9,13,15,17H,6-8,10-12H2,1-5H3. The lowest BCUT2D eigenvalue weighted by Gasteiger charge is -2.28. The van der Waals surface area contributed by atoms with E-state index in [1.807, 2.05) is 0 Å². The molecular formula is C16H31N. The number of nitrogens with one attached hydrogen (secondary N) is 1. The van der Waals surface area contributed by atoms with Crippen molar-refractivity contribution >= 4 is 0 Å². The second kappa shape index (κ2) is 6.58. The van der Waals surface area contributed by atoms with Crippen molar-refractivity contribution in [2.45, 2.75) is 72.8 Å². The molecule has 1 nitrogen and oxygen atoms in total. The van der Waals surface area contributed by atoms with Gasteiger partial charge in [-0.3, -0.25) is 0 Å². The van der Waals surface area contributed by atoms with E-state index in [1.165, 1.54) is 32.1 Å². The van der Waals surface area contributed by atoms with Gasteiger partial charge in [0.2, 0.25) is 0 Å². The van der Waals surface area contributed by atoms with Gasteiger partial charge in [-0.15, -0.1) is 0 Å². The van der Waals surface area contributed by atoms with Crippen molar-refractivity contribution < 1.29 is 0 Å². The van der Waals surface area contributed by atoms with Crippen molar-refractivity contribution in [2.24, 2.45) is 11.3 Å². The topological polar surface area (TPSA) is 12.0 Å². The molecule has 0 fully saturated rings. The predicted molar refractivity (Wildman–Crippen MR) is 77.3 cm³/mol. The van der Waals surface area contributed by atoms with E-state index < -0.39 is 0 Å². The normalized spacial score (nSPS) is 20.2. The SMILES string of the molecule is CCNC(CC(C)CC(C)(C)C)C1=CCCC1. The fraction of sp³-hybridized carbons (Fsp3) is 0.875. The molecule has 0 aromatic heterocycles. The first-order chi connectivity index (χ1) is 7.92. The van der Waals surface area contributed by atoms with Crippen LogP contribution in [0.1, 0.15) is 66.7 Å². The molecule has 2 unspecified atom stereocenters. The predicted octanol–water partition coefficient (Wildman–Crippen LogP) is 4.54. The molecule has 1 aliphatic rings. The van der Waals surface area contributed by atoms with Crippen molar-refractivity contribution in [3.63, 3.8) is 0 Å². The van der Waals surface area contributed by atoms with Crippen molar-refractivity contribution in [1.29, 1.82) is 0 Å². The molecule has 0 heterocycles. The molecule has 0 amide bonds. The van der Waals surface area contributed by atoms with Gasteiger partial charge in [-0.1, -0.05) is 46.3 Å². The molecule has 0 aromatic carbocycles. The number of hydrogen-bond donors (Lipinski definition) is 1. The van der Waals surface area contributed by atoms with Crippen LogP contribution in [0.25, 0.3) is 0 Å². The van der Waals surface area contributed by atoms with Gasteiger partial charge in [0.15, 0.2) is 0 Å². The summed E-state index contributed by atoms with van der Waals surface area (Å²) in [4.78, 5) is 0. The lowest BCUT2D eigenvalue weighted by atomic mass is 9.82. The molecule has 0 saturated heterocycles. The molecule has 0 bridgehead atoms. The Morgan fingerprint density at radius 1 is 1.35 bits per heavy atom. The van der Waals surface area contributed by atoms with Crippen LogP contribution in [-0.4, -0.2) is 12.6 Å². The first kappa shape index (κ1) is 14.8. The van der Waals surface area contributed by atoms with Crippen LogP contribution in [0.4, 0.5) is 0 Å². The van der Waals surface area contributed by atoms with Crippen LogP contribution in [0.15, 0.2) is 11.6 Å². The molecule has 2 atom stereocenters. The molecule has 0 spiro atoms. The zero-order valence-corrected chi connectivity index (χ0v) is 12.5. The van der Waals surface area contributed by atoms with Crippen molar-refractivity contribution in [1.82, 2.24) is 5.32 Å². The number of allylic oxidation sites excluding steroid dienone is 1. The minimum absolute atomic E-state index is 0.459. The van der Waals surface area contributed by atoms with Gasteiger partial charge in [-0.2, -0.15) is 0 Å². The minimum atomic E-state index is 0.459. The summed E-state index contributed by atoms with van der Waals surface area (Å²) in [6, 6.07) is 0.639. The average molecular weight is 237 g/mol. The monoisotopic (exact) mass is 237 g/mol. The van der Waals surface area contributed by atoms with Crippen LogP contribution in [0.2, 0.25) is 0 Å². The van der Waals surface area contributed by atoms with E-state index in [1.54, 1.807) is 5.57 Å². The van der Waals surface area contributed by atoms with E-state index >= 15 is 0 Å². The molecule has 1 N–H and O–H groups in total. The highest BCUT2D eigenvalue weighted by Gasteiger charge is 2.21. The third kappa shape index (κ3) is 5.72. The Hall–Kier alpha value is -0.300. The lowest BCUT2D eigenvalue weighted by molar-refractivity contribution is 0.282. The molecule has 100 valence electrons. The third-order valence-electron chi connectivity index (χ3n) is 3.57. The van der Waals surface area contributed by atoms with Crippen LogP contribution in [0.3, 0.4) is 0 Å². The summed E-state index contributed by atoms with van der Waals surface area (Å²) in [6.07, 6.45) is 9.08. The quantitative estimate of drug-likeness (QED) is 0.669. The summed E-state index contributed by atoms with van der Waals surface area (Å²) in [7, 11) is 0. The van der Waals surface area contributed by atoms with Gasteiger partial charge in [-0.05, 0) is 50.0 Å². The van der Waals surface area contributed by atoms with Crippen LogP contribution in [0.5, 0.6) is 0 Å². The maximum Gasteiger partial charge on any atom is 0.0281 e. The lowest BCUT2D eigenvalue weighted by Crippen LogP contribution is -2.32. The fourth-order valence-electron chi connectivity index (χ4n) is 3.16. The van der Waals surface area contributed by atoms with E-state index in [0.29, 0.717) is 11.5 Å². The van der Waals surface area contributed by atoms with E-state index in [-0.39, 0.29) is 0 Å². The zero-order valence-electron chi connectivity index (χ0n) is 12.5. The van der Waals surface area contributed by atoms with Gasteiger partial charge in [0.1, 0.15) is 0 Å². The molecule has 17 heavy (non-hydrogen) atoms. The smallest absolute Gasteiger partial charge is 0.0281 e. The number of likely N-dealkylation sites (N-methyl/N-ethyl adjacent to an activating group) is 1. The Labute approximate surface area is 108 Å². The first-order valence-corrected chi connectivity index (χ1v) is 7.34. The van der Waals surface area contributed by atoms with Crippen LogP contribution >= 0.6 is 0 Å². The highest BCUT2D eigenvalue weighted by molar-refractivity contribution is 5.15. The fourth-order valence-corrected chi connectivity index (χ4v) is 3.16.